The molecule has 1 amide bonds. The molecule has 37 heavy (non-hydrogen) atoms. The van der Waals surface area contributed by atoms with E-state index in [4.69, 9.17) is 9.47 Å². The topological polar surface area (TPSA) is 130 Å². The molecule has 2 heterocycles. The van der Waals surface area contributed by atoms with Gasteiger partial charge in [-0.1, -0.05) is 48.5 Å². The van der Waals surface area contributed by atoms with Gasteiger partial charge in [0.1, 0.15) is 0 Å². The van der Waals surface area contributed by atoms with Crippen LogP contribution >= 0.6 is 0 Å². The summed E-state index contributed by atoms with van der Waals surface area (Å²) in [6.07, 6.45) is -0.125. The number of hydrogen-bond acceptors (Lipinski definition) is 6. The number of ether oxygens (including phenoxy) is 2. The van der Waals surface area contributed by atoms with Gasteiger partial charge < -0.3 is 24.6 Å². The van der Waals surface area contributed by atoms with Crippen molar-refractivity contribution in [3.05, 3.63) is 70.8 Å². The van der Waals surface area contributed by atoms with Gasteiger partial charge in [0.05, 0.1) is 19.7 Å². The summed E-state index contributed by atoms with van der Waals surface area (Å²) in [7, 11) is 1.23. The number of aliphatic carboxylic acids is 2. The van der Waals surface area contributed by atoms with Crippen LogP contribution in [0.2, 0.25) is 0 Å². The van der Waals surface area contributed by atoms with Crippen molar-refractivity contribution in [3.63, 3.8) is 0 Å². The highest BCUT2D eigenvalue weighted by Gasteiger charge is 2.65. The van der Waals surface area contributed by atoms with Gasteiger partial charge in [-0.2, -0.15) is 0 Å². The van der Waals surface area contributed by atoms with E-state index in [1.54, 1.807) is 4.90 Å². The van der Waals surface area contributed by atoms with Crippen LogP contribution < -0.4 is 0 Å². The summed E-state index contributed by atoms with van der Waals surface area (Å²) in [6, 6.07) is 15.1. The second-order valence-corrected chi connectivity index (χ2v) is 9.98. The standard InChI is InChI=1S/C28H29NO8/c1-36-23(31)13-12-20-21-14-22(30)29(15-28(21,27(34)35)37-25(20)26(32)33)24-18-8-4-2-6-16(18)10-11-17-7-3-5-9-19(17)24/h2-9,20-21,24-25H,10-15H2,1H3,(H,32,33)(H,34,35)/t20-,21-,25+,28-/m1/s1. The van der Waals surface area contributed by atoms with E-state index >= 15 is 0 Å². The molecule has 0 spiro atoms. The third-order valence-corrected chi connectivity index (χ3v) is 8.15. The van der Waals surface area contributed by atoms with Crippen LogP contribution in [0.1, 0.15) is 47.6 Å². The first-order valence-corrected chi connectivity index (χ1v) is 12.4. The lowest BCUT2D eigenvalue weighted by Crippen LogP contribution is -2.60. The number of carbonyl (C=O) groups excluding carboxylic acids is 2. The maximum Gasteiger partial charge on any atom is 0.338 e. The van der Waals surface area contributed by atoms with Crippen molar-refractivity contribution in [2.24, 2.45) is 11.8 Å². The number of carbonyl (C=O) groups is 4. The lowest BCUT2D eigenvalue weighted by atomic mass is 9.72. The molecule has 0 bridgehead atoms. The third-order valence-electron chi connectivity index (χ3n) is 8.15. The van der Waals surface area contributed by atoms with Crippen molar-refractivity contribution in [2.75, 3.05) is 13.7 Å². The van der Waals surface area contributed by atoms with Gasteiger partial charge in [-0.15, -0.1) is 0 Å². The molecule has 3 aliphatic rings. The van der Waals surface area contributed by atoms with Gasteiger partial charge in [-0.25, -0.2) is 9.59 Å². The SMILES string of the molecule is COC(=O)CC[C@H]1[C@@H](C(=O)O)O[C@]2(C(=O)O)CN(C3c4ccccc4CCc4ccccc43)C(=O)C[C@H]12. The number of carboxylic acids is 2. The summed E-state index contributed by atoms with van der Waals surface area (Å²) in [5.41, 5.74) is 2.10. The molecular weight excluding hydrogens is 478 g/mol. The highest BCUT2D eigenvalue weighted by Crippen LogP contribution is 2.51. The number of amides is 1. The van der Waals surface area contributed by atoms with Gasteiger partial charge in [0, 0.05) is 24.7 Å². The molecule has 0 saturated carbocycles. The van der Waals surface area contributed by atoms with Gasteiger partial charge in [-0.05, 0) is 41.5 Å². The molecule has 2 aromatic carbocycles. The molecule has 9 nitrogen and oxygen atoms in total. The molecule has 0 radical (unpaired) electrons. The van der Waals surface area contributed by atoms with Gasteiger partial charge in [-0.3, -0.25) is 9.59 Å². The Bertz CT molecular complexity index is 1210. The smallest absolute Gasteiger partial charge is 0.338 e. The first kappa shape index (κ1) is 25.0. The number of likely N-dealkylation sites (tertiary alicyclic amines) is 1. The van der Waals surface area contributed by atoms with Crippen molar-refractivity contribution in [2.45, 2.75) is 49.9 Å². The summed E-state index contributed by atoms with van der Waals surface area (Å²) in [5.74, 6) is -5.14. The zero-order valence-electron chi connectivity index (χ0n) is 20.5. The van der Waals surface area contributed by atoms with Gasteiger partial charge in [0.15, 0.2) is 11.7 Å². The van der Waals surface area contributed by atoms with Crippen LogP contribution in [-0.2, 0) is 41.5 Å². The van der Waals surface area contributed by atoms with Crippen molar-refractivity contribution in [3.8, 4) is 0 Å². The molecule has 194 valence electrons. The largest absolute Gasteiger partial charge is 0.479 e. The van der Waals surface area contributed by atoms with E-state index in [0.717, 1.165) is 35.1 Å². The Kier molecular flexibility index (Phi) is 6.49. The third kappa shape index (κ3) is 4.17. The monoisotopic (exact) mass is 507 g/mol. The second-order valence-electron chi connectivity index (χ2n) is 9.98. The Morgan fingerprint density at radius 3 is 2.16 bits per heavy atom. The predicted molar refractivity (Wildman–Crippen MR) is 130 cm³/mol. The first-order valence-electron chi connectivity index (χ1n) is 12.4. The van der Waals surface area contributed by atoms with Gasteiger partial charge in [0.25, 0.3) is 0 Å². The van der Waals surface area contributed by atoms with Crippen molar-refractivity contribution >= 4 is 23.8 Å². The van der Waals surface area contributed by atoms with Crippen LogP contribution in [0.5, 0.6) is 0 Å². The van der Waals surface area contributed by atoms with Gasteiger partial charge in [0.2, 0.25) is 5.91 Å². The minimum Gasteiger partial charge on any atom is -0.479 e. The predicted octanol–water partition coefficient (Wildman–Crippen LogP) is 2.60. The van der Waals surface area contributed by atoms with Crippen LogP contribution in [0.15, 0.2) is 48.5 Å². The second kappa shape index (κ2) is 9.63. The Morgan fingerprint density at radius 1 is 1.03 bits per heavy atom. The fourth-order valence-electron chi connectivity index (χ4n) is 6.39. The van der Waals surface area contributed by atoms with E-state index in [-0.39, 0.29) is 31.7 Å². The molecule has 2 N–H and O–H groups in total. The lowest BCUT2D eigenvalue weighted by molar-refractivity contribution is -0.184. The number of nitrogens with zero attached hydrogens (tertiary/aromatic N) is 1. The number of benzene rings is 2. The van der Waals surface area contributed by atoms with Crippen molar-refractivity contribution in [1.29, 1.82) is 0 Å². The summed E-state index contributed by atoms with van der Waals surface area (Å²) in [6.45, 7) is -0.294. The Labute approximate surface area is 214 Å². The maximum absolute atomic E-state index is 13.8. The Hall–Kier alpha value is -3.72. The molecule has 9 heteroatoms. The number of rotatable bonds is 6. The number of piperidine rings is 1. The summed E-state index contributed by atoms with van der Waals surface area (Å²) in [4.78, 5) is 52.1. The molecule has 2 fully saturated rings. The minimum atomic E-state index is -1.91. The van der Waals surface area contributed by atoms with Crippen molar-refractivity contribution < 1.29 is 38.9 Å². The molecule has 5 rings (SSSR count). The minimum absolute atomic E-state index is 0.0473. The zero-order chi connectivity index (χ0) is 26.3. The first-order chi connectivity index (χ1) is 17.8. The summed E-state index contributed by atoms with van der Waals surface area (Å²) < 4.78 is 10.6. The van der Waals surface area contributed by atoms with E-state index in [0.29, 0.717) is 0 Å². The molecule has 0 unspecified atom stereocenters. The normalized spacial score (nSPS) is 27.0. The Morgan fingerprint density at radius 2 is 1.62 bits per heavy atom. The molecule has 2 saturated heterocycles. The average molecular weight is 508 g/mol. The zero-order valence-corrected chi connectivity index (χ0v) is 20.5. The van der Waals surface area contributed by atoms with E-state index in [1.807, 2.05) is 48.5 Å². The fraction of sp³-hybridized carbons (Fsp3) is 0.429. The van der Waals surface area contributed by atoms with Crippen LogP contribution in [0.25, 0.3) is 0 Å². The molecule has 0 aromatic heterocycles. The molecule has 1 aliphatic carbocycles. The highest BCUT2D eigenvalue weighted by atomic mass is 16.6. The number of aryl methyl sites for hydroxylation is 2. The molecule has 2 aliphatic heterocycles. The van der Waals surface area contributed by atoms with Crippen LogP contribution in [0, 0.1) is 11.8 Å². The van der Waals surface area contributed by atoms with Crippen LogP contribution in [0.3, 0.4) is 0 Å². The number of hydrogen-bond donors (Lipinski definition) is 2. The quantitative estimate of drug-likeness (QED) is 0.571. The molecule has 4 atom stereocenters. The van der Waals surface area contributed by atoms with Crippen LogP contribution in [0.4, 0.5) is 0 Å². The highest BCUT2D eigenvalue weighted by molar-refractivity contribution is 5.88. The maximum atomic E-state index is 13.8. The average Bonchev–Trinajstić information content (AvgIpc) is 3.12. The number of methoxy groups -OCH3 is 1. The lowest BCUT2D eigenvalue weighted by Gasteiger charge is -2.45. The molecular formula is C28H29NO8. The van der Waals surface area contributed by atoms with E-state index in [2.05, 4.69) is 0 Å². The van der Waals surface area contributed by atoms with E-state index in [1.165, 1.54) is 7.11 Å². The van der Waals surface area contributed by atoms with Crippen LogP contribution in [-0.4, -0.2) is 64.3 Å². The number of carboxylic acid groups (broad SMARTS) is 2. The van der Waals surface area contributed by atoms with Gasteiger partial charge >= 0.3 is 17.9 Å². The Balaban J connectivity index is 1.58. The van der Waals surface area contributed by atoms with E-state index in [9.17, 15) is 29.4 Å². The summed E-state index contributed by atoms with van der Waals surface area (Å²) >= 11 is 0. The van der Waals surface area contributed by atoms with Crippen molar-refractivity contribution in [1.82, 2.24) is 4.90 Å². The number of fused-ring (bicyclic) bond motifs is 3. The molecule has 2 aromatic rings. The number of esters is 1. The van der Waals surface area contributed by atoms with E-state index < -0.39 is 47.5 Å². The summed E-state index contributed by atoms with van der Waals surface area (Å²) in [5, 5.41) is 20.3. The fourth-order valence-corrected chi connectivity index (χ4v) is 6.39.